The predicted molar refractivity (Wildman–Crippen MR) is 81.2 cm³/mol. The van der Waals surface area contributed by atoms with Crippen molar-refractivity contribution in [2.24, 2.45) is 0 Å². The van der Waals surface area contributed by atoms with Crippen LogP contribution in [0.1, 0.15) is 22.5 Å². The highest BCUT2D eigenvalue weighted by Crippen LogP contribution is 2.25. The number of benzene rings is 1. The number of aryl methyl sites for hydroxylation is 1. The topological polar surface area (TPSA) is 89.3 Å². The number of nitrogens with zero attached hydrogens (tertiary/aromatic N) is 1. The van der Waals surface area contributed by atoms with Gasteiger partial charge in [0.15, 0.2) is 9.84 Å². The summed E-state index contributed by atoms with van der Waals surface area (Å²) in [5.74, 6) is 0.174. The number of aromatic nitrogens is 1. The lowest BCUT2D eigenvalue weighted by atomic mass is 10.1. The van der Waals surface area contributed by atoms with Crippen LogP contribution in [0.2, 0.25) is 0 Å². The quantitative estimate of drug-likeness (QED) is 0.927. The minimum absolute atomic E-state index is 0.0102. The largest absolute Gasteiger partial charge is 0.360 e. The molecule has 7 heteroatoms. The summed E-state index contributed by atoms with van der Waals surface area (Å²) in [6.07, 6.45) is 0.444. The van der Waals surface area contributed by atoms with Crippen LogP contribution in [0.5, 0.6) is 0 Å². The lowest BCUT2D eigenvalue weighted by molar-refractivity contribution is 0.0940. The Bertz CT molecular complexity index is 796. The summed E-state index contributed by atoms with van der Waals surface area (Å²) in [4.78, 5) is 12.5. The van der Waals surface area contributed by atoms with Gasteiger partial charge < -0.3 is 9.84 Å². The van der Waals surface area contributed by atoms with Gasteiger partial charge in [-0.2, -0.15) is 0 Å². The summed E-state index contributed by atoms with van der Waals surface area (Å²) >= 11 is 0. The molecule has 1 aromatic heterocycles. The third kappa shape index (κ3) is 2.89. The molecule has 22 heavy (non-hydrogen) atoms. The van der Waals surface area contributed by atoms with Crippen LogP contribution in [-0.2, 0) is 9.84 Å². The molecule has 1 N–H and O–H groups in total. The first-order valence-corrected chi connectivity index (χ1v) is 8.81. The molecule has 116 valence electrons. The third-order valence-electron chi connectivity index (χ3n) is 3.70. The summed E-state index contributed by atoms with van der Waals surface area (Å²) < 4.78 is 28.1. The van der Waals surface area contributed by atoms with Crippen LogP contribution in [0.4, 0.5) is 0 Å². The Kier molecular flexibility index (Phi) is 3.74. The Balaban J connectivity index is 1.86. The summed E-state index contributed by atoms with van der Waals surface area (Å²) in [5.41, 5.74) is 1.61. The van der Waals surface area contributed by atoms with Gasteiger partial charge in [-0.15, -0.1) is 0 Å². The zero-order valence-electron chi connectivity index (χ0n) is 12.1. The number of hydrogen-bond donors (Lipinski definition) is 1. The number of carbonyl (C=O) groups is 1. The lowest BCUT2D eigenvalue weighted by Gasteiger charge is -2.10. The highest BCUT2D eigenvalue weighted by molar-refractivity contribution is 7.91. The van der Waals surface area contributed by atoms with E-state index in [-0.39, 0.29) is 23.5 Å². The first-order chi connectivity index (χ1) is 10.5. The van der Waals surface area contributed by atoms with Crippen LogP contribution in [0.15, 0.2) is 34.9 Å². The third-order valence-corrected chi connectivity index (χ3v) is 5.47. The molecular weight excluding hydrogens is 304 g/mol. The molecular formula is C15H16N2O4S. The van der Waals surface area contributed by atoms with Gasteiger partial charge >= 0.3 is 0 Å². The summed E-state index contributed by atoms with van der Waals surface area (Å²) in [6, 6.07) is 8.91. The van der Waals surface area contributed by atoms with Gasteiger partial charge in [0.05, 0.1) is 11.5 Å². The summed E-state index contributed by atoms with van der Waals surface area (Å²) in [6.45, 7) is 1.67. The van der Waals surface area contributed by atoms with E-state index in [0.29, 0.717) is 23.4 Å². The molecule has 1 amide bonds. The van der Waals surface area contributed by atoms with Crippen LogP contribution >= 0.6 is 0 Å². The van der Waals surface area contributed by atoms with Crippen molar-refractivity contribution in [2.45, 2.75) is 19.4 Å². The number of hydrogen-bond acceptors (Lipinski definition) is 5. The fourth-order valence-electron chi connectivity index (χ4n) is 2.60. The molecule has 0 aliphatic carbocycles. The van der Waals surface area contributed by atoms with Crippen molar-refractivity contribution in [3.63, 3.8) is 0 Å². The Morgan fingerprint density at radius 1 is 1.32 bits per heavy atom. The molecule has 1 saturated heterocycles. The maximum atomic E-state index is 12.5. The van der Waals surface area contributed by atoms with E-state index >= 15 is 0 Å². The fraction of sp³-hybridized carbons (Fsp3) is 0.333. The molecule has 2 aromatic rings. The smallest absolute Gasteiger partial charge is 0.257 e. The molecule has 1 aliphatic heterocycles. The van der Waals surface area contributed by atoms with E-state index in [1.807, 2.05) is 30.3 Å². The molecule has 2 heterocycles. The average molecular weight is 320 g/mol. The average Bonchev–Trinajstić information content (AvgIpc) is 3.02. The maximum absolute atomic E-state index is 12.5. The van der Waals surface area contributed by atoms with Crippen molar-refractivity contribution < 1.29 is 17.7 Å². The SMILES string of the molecule is Cc1onc(-c2ccccc2)c1C(=O)N[C@@H]1CCS(=O)(=O)C1. The minimum Gasteiger partial charge on any atom is -0.360 e. The monoisotopic (exact) mass is 320 g/mol. The molecule has 1 aromatic carbocycles. The first kappa shape index (κ1) is 14.8. The first-order valence-electron chi connectivity index (χ1n) is 6.99. The van der Waals surface area contributed by atoms with Gasteiger partial charge in [-0.25, -0.2) is 8.42 Å². The van der Waals surface area contributed by atoms with E-state index < -0.39 is 9.84 Å². The van der Waals surface area contributed by atoms with Gasteiger partial charge in [-0.1, -0.05) is 35.5 Å². The van der Waals surface area contributed by atoms with Crippen molar-refractivity contribution in [1.29, 1.82) is 0 Å². The van der Waals surface area contributed by atoms with Crippen molar-refractivity contribution in [3.8, 4) is 11.3 Å². The van der Waals surface area contributed by atoms with E-state index in [9.17, 15) is 13.2 Å². The van der Waals surface area contributed by atoms with Crippen molar-refractivity contribution in [2.75, 3.05) is 11.5 Å². The Morgan fingerprint density at radius 2 is 2.05 bits per heavy atom. The molecule has 0 bridgehead atoms. The standard InChI is InChI=1S/C15H16N2O4S/c1-10-13(14(17-21-10)11-5-3-2-4-6-11)15(18)16-12-7-8-22(19,20)9-12/h2-6,12H,7-9H2,1H3,(H,16,18)/t12-/m1/s1. The molecule has 0 spiro atoms. The van der Waals surface area contributed by atoms with E-state index in [4.69, 9.17) is 4.52 Å². The molecule has 0 saturated carbocycles. The van der Waals surface area contributed by atoms with Gasteiger partial charge in [-0.05, 0) is 13.3 Å². The Labute approximate surface area is 128 Å². The van der Waals surface area contributed by atoms with E-state index in [1.54, 1.807) is 6.92 Å². The van der Waals surface area contributed by atoms with Gasteiger partial charge in [0, 0.05) is 11.6 Å². The van der Waals surface area contributed by atoms with Crippen LogP contribution in [0.25, 0.3) is 11.3 Å². The van der Waals surface area contributed by atoms with Crippen LogP contribution in [0.3, 0.4) is 0 Å². The molecule has 1 atom stereocenters. The van der Waals surface area contributed by atoms with Gasteiger partial charge in [0.25, 0.3) is 5.91 Å². The van der Waals surface area contributed by atoms with E-state index in [0.717, 1.165) is 5.56 Å². The summed E-state index contributed by atoms with van der Waals surface area (Å²) in [5, 5.41) is 6.73. The Morgan fingerprint density at radius 3 is 2.68 bits per heavy atom. The highest BCUT2D eigenvalue weighted by Gasteiger charge is 2.31. The molecule has 6 nitrogen and oxygen atoms in total. The zero-order chi connectivity index (χ0) is 15.7. The molecule has 0 unspecified atom stereocenters. The molecule has 0 radical (unpaired) electrons. The highest BCUT2D eigenvalue weighted by atomic mass is 32.2. The second-order valence-corrected chi connectivity index (χ2v) is 7.63. The molecule has 3 rings (SSSR count). The van der Waals surface area contributed by atoms with Crippen LogP contribution in [-0.4, -0.2) is 37.0 Å². The number of amides is 1. The van der Waals surface area contributed by atoms with Crippen molar-refractivity contribution in [3.05, 3.63) is 41.7 Å². The Hall–Kier alpha value is -2.15. The maximum Gasteiger partial charge on any atom is 0.257 e. The van der Waals surface area contributed by atoms with Gasteiger partial charge in [0.2, 0.25) is 0 Å². The van der Waals surface area contributed by atoms with Gasteiger partial charge in [-0.3, -0.25) is 4.79 Å². The number of nitrogens with one attached hydrogen (secondary N) is 1. The zero-order valence-corrected chi connectivity index (χ0v) is 12.9. The minimum atomic E-state index is -3.04. The predicted octanol–water partition coefficient (Wildman–Crippen LogP) is 1.57. The molecule has 1 aliphatic rings. The second-order valence-electron chi connectivity index (χ2n) is 5.40. The van der Waals surface area contributed by atoms with Crippen LogP contribution < -0.4 is 5.32 Å². The van der Waals surface area contributed by atoms with E-state index in [1.165, 1.54) is 0 Å². The summed E-state index contributed by atoms with van der Waals surface area (Å²) in [7, 11) is -3.04. The van der Waals surface area contributed by atoms with Gasteiger partial charge in [0.1, 0.15) is 17.0 Å². The second kappa shape index (κ2) is 5.57. The fourth-order valence-corrected chi connectivity index (χ4v) is 4.27. The number of rotatable bonds is 3. The number of sulfone groups is 1. The van der Waals surface area contributed by atoms with E-state index in [2.05, 4.69) is 10.5 Å². The normalized spacial score (nSPS) is 20.0. The van der Waals surface area contributed by atoms with Crippen molar-refractivity contribution >= 4 is 15.7 Å². The molecule has 1 fully saturated rings. The number of carbonyl (C=O) groups excluding carboxylic acids is 1. The van der Waals surface area contributed by atoms with Crippen LogP contribution in [0, 0.1) is 6.92 Å². The van der Waals surface area contributed by atoms with Crippen molar-refractivity contribution in [1.82, 2.24) is 10.5 Å². The lowest BCUT2D eigenvalue weighted by Crippen LogP contribution is -2.36.